The van der Waals surface area contributed by atoms with E-state index in [4.69, 9.17) is 9.72 Å². The van der Waals surface area contributed by atoms with Gasteiger partial charge in [0.25, 0.3) is 0 Å². The minimum Gasteiger partial charge on any atom is -0.497 e. The van der Waals surface area contributed by atoms with Gasteiger partial charge in [0.15, 0.2) is 9.84 Å². The molecule has 0 fully saturated rings. The smallest absolute Gasteiger partial charge is 0.150 e. The molecule has 0 aliphatic rings. The molecule has 0 aliphatic heterocycles. The zero-order valence-corrected chi connectivity index (χ0v) is 18.5. The van der Waals surface area contributed by atoms with Crippen LogP contribution in [0.2, 0.25) is 0 Å². The minimum atomic E-state index is -3.09. The molecule has 5 nitrogen and oxygen atoms in total. The Kier molecular flexibility index (Phi) is 7.14. The number of sulfone groups is 1. The van der Waals surface area contributed by atoms with Gasteiger partial charge >= 0.3 is 0 Å². The average Bonchev–Trinajstić information content (AvgIpc) is 2.79. The first-order valence-corrected chi connectivity index (χ1v) is 12.3. The predicted octanol–water partition coefficient (Wildman–Crippen LogP) is 4.82. The first-order chi connectivity index (χ1) is 14.5. The van der Waals surface area contributed by atoms with Crippen molar-refractivity contribution in [1.29, 1.82) is 5.26 Å². The van der Waals surface area contributed by atoms with Crippen molar-refractivity contribution in [2.45, 2.75) is 11.9 Å². The van der Waals surface area contributed by atoms with Gasteiger partial charge in [-0.15, -0.1) is 11.8 Å². The Labute approximate surface area is 181 Å². The van der Waals surface area contributed by atoms with Crippen molar-refractivity contribution in [2.75, 3.05) is 24.4 Å². The third-order valence-corrected chi connectivity index (χ3v) is 7.58. The summed E-state index contributed by atoms with van der Waals surface area (Å²) in [5.41, 5.74) is 3.75. The van der Waals surface area contributed by atoms with Gasteiger partial charge in [-0.2, -0.15) is 5.26 Å². The molecule has 3 aromatic rings. The highest BCUT2D eigenvalue weighted by atomic mass is 32.2. The monoisotopic (exact) mass is 438 g/mol. The third-order valence-electron chi connectivity index (χ3n) is 4.64. The van der Waals surface area contributed by atoms with Gasteiger partial charge in [-0.1, -0.05) is 37.3 Å². The lowest BCUT2D eigenvalue weighted by Crippen LogP contribution is -2.10. The summed E-state index contributed by atoms with van der Waals surface area (Å²) in [7, 11) is -1.47. The molecule has 7 heteroatoms. The highest BCUT2D eigenvalue weighted by Crippen LogP contribution is 2.34. The molecule has 0 radical (unpaired) electrons. The third kappa shape index (κ3) is 5.21. The fourth-order valence-electron chi connectivity index (χ4n) is 2.90. The second-order valence-corrected chi connectivity index (χ2v) is 10.1. The molecule has 3 rings (SSSR count). The molecule has 0 atom stereocenters. The number of nitriles is 1. The maximum absolute atomic E-state index is 11.9. The normalized spacial score (nSPS) is 11.1. The maximum atomic E-state index is 11.9. The van der Waals surface area contributed by atoms with E-state index in [1.54, 1.807) is 14.0 Å². The summed E-state index contributed by atoms with van der Waals surface area (Å²) in [6, 6.07) is 21.4. The van der Waals surface area contributed by atoms with Crippen molar-refractivity contribution in [3.63, 3.8) is 0 Å². The van der Waals surface area contributed by atoms with Gasteiger partial charge in [0.2, 0.25) is 0 Å². The number of hydrogen-bond acceptors (Lipinski definition) is 6. The van der Waals surface area contributed by atoms with E-state index in [2.05, 4.69) is 6.07 Å². The maximum Gasteiger partial charge on any atom is 0.150 e. The van der Waals surface area contributed by atoms with E-state index in [0.717, 1.165) is 28.1 Å². The summed E-state index contributed by atoms with van der Waals surface area (Å²) >= 11 is 1.30. The number of benzene rings is 2. The summed E-state index contributed by atoms with van der Waals surface area (Å²) in [5.74, 6) is 1.24. The van der Waals surface area contributed by atoms with Gasteiger partial charge in [0.05, 0.1) is 24.1 Å². The molecule has 0 bridgehead atoms. The van der Waals surface area contributed by atoms with Crippen LogP contribution in [0, 0.1) is 11.3 Å². The number of aromatic nitrogens is 1. The Morgan fingerprint density at radius 3 is 2.37 bits per heavy atom. The number of pyridine rings is 1. The van der Waals surface area contributed by atoms with E-state index in [1.165, 1.54) is 11.8 Å². The molecule has 0 unspecified atom stereocenters. The van der Waals surface area contributed by atoms with Crippen LogP contribution in [0.4, 0.5) is 0 Å². The standard InChI is InChI=1S/C23H22N2O3S2/c1-3-30(26,27)14-13-29-23-21(16-24)20(17-7-5-4-6-8-17)15-22(25-23)18-9-11-19(28-2)12-10-18/h4-12,15H,3,13-14H2,1-2H3. The van der Waals surface area contributed by atoms with Crippen LogP contribution in [-0.2, 0) is 9.84 Å². The molecule has 154 valence electrons. The van der Waals surface area contributed by atoms with Gasteiger partial charge in [0, 0.05) is 22.6 Å². The quantitative estimate of drug-likeness (QED) is 0.469. The van der Waals surface area contributed by atoms with E-state index in [9.17, 15) is 13.7 Å². The first-order valence-electron chi connectivity index (χ1n) is 9.45. The molecular formula is C23H22N2O3S2. The average molecular weight is 439 g/mol. The highest BCUT2D eigenvalue weighted by Gasteiger charge is 2.17. The topological polar surface area (TPSA) is 80.1 Å². The SMILES string of the molecule is CCS(=O)(=O)CCSc1nc(-c2ccc(OC)cc2)cc(-c2ccccc2)c1C#N. The van der Waals surface area contributed by atoms with Gasteiger partial charge in [-0.25, -0.2) is 13.4 Å². The molecule has 1 aromatic heterocycles. The Morgan fingerprint density at radius 2 is 1.77 bits per heavy atom. The van der Waals surface area contributed by atoms with Gasteiger partial charge in [-0.3, -0.25) is 0 Å². The summed E-state index contributed by atoms with van der Waals surface area (Å²) < 4.78 is 29.0. The Hall–Kier alpha value is -2.82. The predicted molar refractivity (Wildman–Crippen MR) is 121 cm³/mol. The molecule has 0 aliphatic carbocycles. The molecule has 0 saturated carbocycles. The largest absolute Gasteiger partial charge is 0.497 e. The molecule has 0 N–H and O–H groups in total. The van der Waals surface area contributed by atoms with Crippen LogP contribution < -0.4 is 4.74 Å². The Bertz CT molecular complexity index is 1150. The van der Waals surface area contributed by atoms with Crippen molar-refractivity contribution in [1.82, 2.24) is 4.98 Å². The van der Waals surface area contributed by atoms with Gasteiger partial charge in [-0.05, 0) is 35.9 Å². The van der Waals surface area contributed by atoms with Crippen molar-refractivity contribution in [2.24, 2.45) is 0 Å². The number of methoxy groups -OCH3 is 1. The van der Waals surface area contributed by atoms with Crippen LogP contribution in [0.5, 0.6) is 5.75 Å². The zero-order valence-electron chi connectivity index (χ0n) is 16.8. The van der Waals surface area contributed by atoms with Crippen LogP contribution in [0.25, 0.3) is 22.4 Å². The molecular weight excluding hydrogens is 416 g/mol. The van der Waals surface area contributed by atoms with Crippen molar-refractivity contribution in [3.05, 3.63) is 66.2 Å². The minimum absolute atomic E-state index is 0.0498. The lowest BCUT2D eigenvalue weighted by molar-refractivity contribution is 0.415. The summed E-state index contributed by atoms with van der Waals surface area (Å²) in [5, 5.41) is 10.4. The fraction of sp³-hybridized carbons (Fsp3) is 0.217. The summed E-state index contributed by atoms with van der Waals surface area (Å²) in [6.07, 6.45) is 0. The number of thioether (sulfide) groups is 1. The van der Waals surface area contributed by atoms with E-state index in [1.807, 2.05) is 60.7 Å². The summed E-state index contributed by atoms with van der Waals surface area (Å²) in [6.45, 7) is 1.64. The summed E-state index contributed by atoms with van der Waals surface area (Å²) in [4.78, 5) is 4.71. The molecule has 30 heavy (non-hydrogen) atoms. The lowest BCUT2D eigenvalue weighted by Gasteiger charge is -2.13. The number of rotatable bonds is 8. The number of hydrogen-bond donors (Lipinski definition) is 0. The molecule has 0 amide bonds. The second-order valence-electron chi connectivity index (χ2n) is 6.53. The fourth-order valence-corrected chi connectivity index (χ4v) is 5.19. The molecule has 0 spiro atoms. The van der Waals surface area contributed by atoms with Gasteiger partial charge < -0.3 is 4.74 Å². The van der Waals surface area contributed by atoms with Crippen LogP contribution in [0.1, 0.15) is 12.5 Å². The zero-order chi connectivity index (χ0) is 21.6. The van der Waals surface area contributed by atoms with Crippen LogP contribution >= 0.6 is 11.8 Å². The van der Waals surface area contributed by atoms with Gasteiger partial charge in [0.1, 0.15) is 16.8 Å². The van der Waals surface area contributed by atoms with Crippen LogP contribution in [-0.4, -0.2) is 37.8 Å². The Morgan fingerprint density at radius 1 is 1.07 bits per heavy atom. The van der Waals surface area contributed by atoms with Crippen molar-refractivity contribution in [3.8, 4) is 34.2 Å². The number of ether oxygens (including phenoxy) is 1. The van der Waals surface area contributed by atoms with E-state index in [-0.39, 0.29) is 11.5 Å². The lowest BCUT2D eigenvalue weighted by atomic mass is 9.99. The van der Waals surface area contributed by atoms with E-state index >= 15 is 0 Å². The Balaban J connectivity index is 2.08. The van der Waals surface area contributed by atoms with Crippen molar-refractivity contribution < 1.29 is 13.2 Å². The molecule has 1 heterocycles. The first kappa shape index (κ1) is 21.9. The second kappa shape index (κ2) is 9.79. The van der Waals surface area contributed by atoms with E-state index < -0.39 is 9.84 Å². The molecule has 2 aromatic carbocycles. The van der Waals surface area contributed by atoms with Crippen molar-refractivity contribution >= 4 is 21.6 Å². The van der Waals surface area contributed by atoms with Crippen LogP contribution in [0.3, 0.4) is 0 Å². The van der Waals surface area contributed by atoms with Crippen LogP contribution in [0.15, 0.2) is 65.7 Å². The number of nitrogens with zero attached hydrogens (tertiary/aromatic N) is 2. The van der Waals surface area contributed by atoms with E-state index in [0.29, 0.717) is 16.3 Å². The highest BCUT2D eigenvalue weighted by molar-refractivity contribution is 8.00. The molecule has 0 saturated heterocycles.